The molecule has 0 saturated carbocycles. The molecule has 0 fully saturated rings. The summed E-state index contributed by atoms with van der Waals surface area (Å²) in [5.41, 5.74) is 2.11. The van der Waals surface area contributed by atoms with Crippen molar-refractivity contribution in [1.29, 1.82) is 0 Å². The molecule has 1 aliphatic heterocycles. The Kier molecular flexibility index (Phi) is 2.10. The number of rotatable bonds is 3. The van der Waals surface area contributed by atoms with Crippen LogP contribution in [0.1, 0.15) is 40.4 Å². The van der Waals surface area contributed by atoms with Crippen LogP contribution in [0.3, 0.4) is 0 Å². The zero-order valence-corrected chi connectivity index (χ0v) is 13.7. The van der Waals surface area contributed by atoms with E-state index in [1.807, 2.05) is 19.1 Å². The van der Waals surface area contributed by atoms with E-state index in [0.29, 0.717) is 11.9 Å². The van der Waals surface area contributed by atoms with Gasteiger partial charge in [0.2, 0.25) is 0 Å². The summed E-state index contributed by atoms with van der Waals surface area (Å²) in [6.45, 7) is -5.31. The third kappa shape index (κ3) is 2.73. The van der Waals surface area contributed by atoms with Gasteiger partial charge in [-0.05, 0) is 56.6 Å². The van der Waals surface area contributed by atoms with Crippen LogP contribution in [0.4, 0.5) is 0 Å². The SMILES string of the molecule is [2H]C([2H])([2H])c1ccc2c(c1)c1c(n2CCc2ccc(C)nc2)C([2H])([2H])C([2H])([2H])N(C)C1([2H])[2H]. The lowest BCUT2D eigenvalue weighted by molar-refractivity contribution is 0.309. The van der Waals surface area contributed by atoms with Crippen molar-refractivity contribution in [2.45, 2.75) is 39.6 Å². The van der Waals surface area contributed by atoms with Crippen molar-refractivity contribution in [3.63, 3.8) is 0 Å². The molecule has 3 heteroatoms. The number of aryl methyl sites for hydroxylation is 4. The van der Waals surface area contributed by atoms with Crippen molar-refractivity contribution in [3.05, 3.63) is 64.6 Å². The quantitative estimate of drug-likeness (QED) is 0.727. The predicted molar refractivity (Wildman–Crippen MR) is 99.4 cm³/mol. The Hall–Kier alpha value is -2.13. The number of pyridine rings is 1. The van der Waals surface area contributed by atoms with Crippen LogP contribution in [-0.2, 0) is 25.8 Å². The monoisotopic (exact) mass is 328 g/mol. The summed E-state index contributed by atoms with van der Waals surface area (Å²) in [5.74, 6) is 0. The zero-order chi connectivity index (χ0) is 24.6. The molecule has 0 radical (unpaired) electrons. The zero-order valence-electron chi connectivity index (χ0n) is 22.7. The van der Waals surface area contributed by atoms with Gasteiger partial charge in [-0.1, -0.05) is 17.7 Å². The average molecular weight is 329 g/mol. The maximum Gasteiger partial charge on any atom is 0.0486 e. The van der Waals surface area contributed by atoms with Crippen molar-refractivity contribution in [2.75, 3.05) is 13.5 Å². The molecule has 0 spiro atoms. The Bertz CT molecular complexity index is 1210. The van der Waals surface area contributed by atoms with Crippen LogP contribution < -0.4 is 0 Å². The Balaban J connectivity index is 2.00. The van der Waals surface area contributed by atoms with E-state index in [4.69, 9.17) is 12.3 Å². The molecule has 2 aromatic heterocycles. The Morgan fingerprint density at radius 1 is 1.29 bits per heavy atom. The summed E-state index contributed by atoms with van der Waals surface area (Å²) >= 11 is 0. The van der Waals surface area contributed by atoms with Crippen LogP contribution in [0.5, 0.6) is 0 Å². The summed E-state index contributed by atoms with van der Waals surface area (Å²) in [6, 6.07) is 8.16. The summed E-state index contributed by atoms with van der Waals surface area (Å²) in [6.07, 6.45) is -0.378. The lowest BCUT2D eigenvalue weighted by Crippen LogP contribution is -2.27. The molecule has 1 aromatic carbocycles. The van der Waals surface area contributed by atoms with E-state index in [1.54, 1.807) is 16.8 Å². The van der Waals surface area contributed by atoms with Gasteiger partial charge in [0.25, 0.3) is 0 Å². The highest BCUT2D eigenvalue weighted by atomic mass is 15.1. The average Bonchev–Trinajstić information content (AvgIpc) is 3.06. The molecule has 1 aliphatic rings. The Morgan fingerprint density at radius 3 is 3.00 bits per heavy atom. The third-order valence-electron chi connectivity index (χ3n) is 4.28. The number of benzene rings is 1. The highest BCUT2D eigenvalue weighted by Gasteiger charge is 2.22. The van der Waals surface area contributed by atoms with Gasteiger partial charge in [0.1, 0.15) is 0 Å². The van der Waals surface area contributed by atoms with Gasteiger partial charge in [-0.2, -0.15) is 0 Å². The van der Waals surface area contributed by atoms with Crippen LogP contribution >= 0.6 is 0 Å². The highest BCUT2D eigenvalue weighted by molar-refractivity contribution is 5.86. The highest BCUT2D eigenvalue weighted by Crippen LogP contribution is 2.31. The fraction of sp³-hybridized carbons (Fsp3) is 0.381. The minimum absolute atomic E-state index is 0.0188. The smallest absolute Gasteiger partial charge is 0.0486 e. The van der Waals surface area contributed by atoms with Gasteiger partial charge in [0.15, 0.2) is 0 Å². The van der Waals surface area contributed by atoms with E-state index in [1.165, 1.54) is 19.2 Å². The molecule has 24 heavy (non-hydrogen) atoms. The van der Waals surface area contributed by atoms with Crippen molar-refractivity contribution in [3.8, 4) is 0 Å². The summed E-state index contributed by atoms with van der Waals surface area (Å²) in [7, 11) is 1.20. The first-order valence-corrected chi connectivity index (χ1v) is 7.93. The fourth-order valence-corrected chi connectivity index (χ4v) is 3.05. The van der Waals surface area contributed by atoms with E-state index in [9.17, 15) is 0 Å². The minimum Gasteiger partial charge on any atom is -0.344 e. The maximum atomic E-state index is 8.72. The van der Waals surface area contributed by atoms with E-state index < -0.39 is 26.2 Å². The van der Waals surface area contributed by atoms with Gasteiger partial charge in [0, 0.05) is 66.7 Å². The van der Waals surface area contributed by atoms with E-state index in [2.05, 4.69) is 4.98 Å². The largest absolute Gasteiger partial charge is 0.344 e. The second-order valence-corrected chi connectivity index (χ2v) is 6.07. The molecule has 0 unspecified atom stereocenters. The van der Waals surface area contributed by atoms with Crippen LogP contribution in [0.2, 0.25) is 0 Å². The summed E-state index contributed by atoms with van der Waals surface area (Å²) in [5, 5.41) is 0.275. The van der Waals surface area contributed by atoms with Crippen molar-refractivity contribution in [1.82, 2.24) is 14.5 Å². The Labute approximate surface area is 156 Å². The van der Waals surface area contributed by atoms with Gasteiger partial charge < -0.3 is 9.47 Å². The standard InChI is InChI=1S/C21H25N3/c1-15-4-7-20-18(12-15)19-14-23(3)10-9-21(19)24(20)11-8-17-6-5-16(2)22-13-17/h4-7,12-13H,8-11,14H2,1-3H3/i1D3,9D2,10D2,14D2. The first-order chi connectivity index (χ1) is 15.1. The van der Waals surface area contributed by atoms with Gasteiger partial charge in [-0.25, -0.2) is 0 Å². The van der Waals surface area contributed by atoms with E-state index >= 15 is 0 Å². The van der Waals surface area contributed by atoms with Crippen molar-refractivity contribution in [2.24, 2.45) is 0 Å². The number of hydrogen-bond donors (Lipinski definition) is 0. The lowest BCUT2D eigenvalue weighted by atomic mass is 10.0. The lowest BCUT2D eigenvalue weighted by Gasteiger charge is -2.24. The number of aromatic nitrogens is 2. The van der Waals surface area contributed by atoms with Crippen LogP contribution in [-0.4, -0.2) is 28.0 Å². The molecule has 3 nitrogen and oxygen atoms in total. The summed E-state index contributed by atoms with van der Waals surface area (Å²) in [4.78, 5) is 5.03. The Morgan fingerprint density at radius 2 is 2.21 bits per heavy atom. The molecule has 3 heterocycles. The summed E-state index contributed by atoms with van der Waals surface area (Å²) < 4.78 is 76.6. The maximum absolute atomic E-state index is 8.72. The molecule has 4 rings (SSSR count). The molecule has 0 aliphatic carbocycles. The van der Waals surface area contributed by atoms with Gasteiger partial charge in [-0.15, -0.1) is 0 Å². The normalized spacial score (nSPS) is 27.3. The third-order valence-corrected chi connectivity index (χ3v) is 4.28. The second-order valence-electron chi connectivity index (χ2n) is 6.07. The van der Waals surface area contributed by atoms with Crippen LogP contribution in [0.15, 0.2) is 36.5 Å². The number of hydrogen-bond acceptors (Lipinski definition) is 2. The number of likely N-dealkylation sites (N-methyl/N-ethyl adjacent to an activating group) is 1. The molecule has 0 atom stereocenters. The van der Waals surface area contributed by atoms with Crippen LogP contribution in [0.25, 0.3) is 10.9 Å². The second kappa shape index (κ2) is 6.06. The molecular weight excluding hydrogens is 294 g/mol. The van der Waals surface area contributed by atoms with Gasteiger partial charge >= 0.3 is 0 Å². The number of nitrogens with zero attached hydrogens (tertiary/aromatic N) is 3. The molecule has 124 valence electrons. The van der Waals surface area contributed by atoms with Crippen molar-refractivity contribution < 1.29 is 12.3 Å². The molecule has 0 amide bonds. The number of fused-ring (bicyclic) bond motifs is 3. The first kappa shape index (κ1) is 8.30. The minimum atomic E-state index is -2.64. The molecule has 0 bridgehead atoms. The molecule has 3 aromatic rings. The van der Waals surface area contributed by atoms with E-state index in [0.717, 1.165) is 16.2 Å². The van der Waals surface area contributed by atoms with E-state index in [-0.39, 0.29) is 28.8 Å². The first-order valence-electron chi connectivity index (χ1n) is 12.4. The van der Waals surface area contributed by atoms with Gasteiger partial charge in [0.05, 0.1) is 0 Å². The van der Waals surface area contributed by atoms with Gasteiger partial charge in [-0.3, -0.25) is 4.98 Å². The van der Waals surface area contributed by atoms with Crippen LogP contribution in [0, 0.1) is 13.8 Å². The predicted octanol–water partition coefficient (Wildman–Crippen LogP) is 3.88. The molecule has 0 saturated heterocycles. The van der Waals surface area contributed by atoms with Crippen molar-refractivity contribution >= 4 is 10.9 Å². The topological polar surface area (TPSA) is 21.1 Å². The fourth-order valence-electron chi connectivity index (χ4n) is 3.05. The molecular formula is C21H25N3. The molecule has 0 N–H and O–H groups in total.